The largest absolute Gasteiger partial charge is 0.307 e. The Morgan fingerprint density at radius 3 is 2.61 bits per heavy atom. The fraction of sp³-hybridized carbons (Fsp3) is 0.562. The summed E-state index contributed by atoms with van der Waals surface area (Å²) < 4.78 is 0. The topological polar surface area (TPSA) is 29.1 Å². The average Bonchev–Trinajstić information content (AvgIpc) is 2.46. The maximum Gasteiger partial charge on any atom is 0.179 e. The fourth-order valence-electron chi connectivity index (χ4n) is 2.73. The van der Waals surface area contributed by atoms with Crippen LogP contribution in [0.15, 0.2) is 18.2 Å². The molecule has 0 saturated carbocycles. The zero-order valence-electron chi connectivity index (χ0n) is 11.5. The van der Waals surface area contributed by atoms with E-state index in [2.05, 4.69) is 31.3 Å². The maximum atomic E-state index is 12.4. The summed E-state index contributed by atoms with van der Waals surface area (Å²) in [6.45, 7) is 5.30. The number of rotatable bonds is 4. The average molecular weight is 245 g/mol. The molecule has 2 heteroatoms. The molecule has 98 valence electrons. The fourth-order valence-corrected chi connectivity index (χ4v) is 2.73. The van der Waals surface area contributed by atoms with Gasteiger partial charge in [0.25, 0.3) is 0 Å². The molecule has 0 radical (unpaired) electrons. The highest BCUT2D eigenvalue weighted by Crippen LogP contribution is 2.17. The van der Waals surface area contributed by atoms with E-state index in [1.165, 1.54) is 17.5 Å². The molecule has 1 atom stereocenters. The molecule has 2 nitrogen and oxygen atoms in total. The highest BCUT2D eigenvalue weighted by molar-refractivity contribution is 6.00. The molecule has 1 fully saturated rings. The molecule has 2 rings (SSSR count). The second-order valence-corrected chi connectivity index (χ2v) is 5.06. The van der Waals surface area contributed by atoms with Gasteiger partial charge < -0.3 is 5.32 Å². The Hall–Kier alpha value is -1.15. The van der Waals surface area contributed by atoms with Gasteiger partial charge in [0.2, 0.25) is 0 Å². The Morgan fingerprint density at radius 1 is 1.22 bits per heavy atom. The van der Waals surface area contributed by atoms with Gasteiger partial charge in [0, 0.05) is 5.56 Å². The monoisotopic (exact) mass is 245 g/mol. The van der Waals surface area contributed by atoms with Crippen LogP contribution in [-0.4, -0.2) is 18.4 Å². The molecule has 0 bridgehead atoms. The molecule has 1 N–H and O–H groups in total. The summed E-state index contributed by atoms with van der Waals surface area (Å²) in [5, 5.41) is 3.33. The molecule has 0 aromatic heterocycles. The highest BCUT2D eigenvalue weighted by Gasteiger charge is 2.22. The van der Waals surface area contributed by atoms with Crippen molar-refractivity contribution in [2.24, 2.45) is 0 Å². The standard InChI is InChI=1S/C16H23NO/c1-3-12-8-9-14(11-13(12)4-2)16(18)15-7-5-6-10-17-15/h8-9,11,15,17H,3-7,10H2,1-2H3. The van der Waals surface area contributed by atoms with Crippen LogP contribution < -0.4 is 5.32 Å². The maximum absolute atomic E-state index is 12.4. The first-order valence-electron chi connectivity index (χ1n) is 7.15. The number of hydrogen-bond acceptors (Lipinski definition) is 2. The molecule has 1 saturated heterocycles. The Kier molecular flexibility index (Phi) is 4.54. The third-order valence-corrected chi connectivity index (χ3v) is 3.88. The highest BCUT2D eigenvalue weighted by atomic mass is 16.1. The van der Waals surface area contributed by atoms with Crippen LogP contribution in [0, 0.1) is 0 Å². The van der Waals surface area contributed by atoms with Crippen LogP contribution in [0.5, 0.6) is 0 Å². The van der Waals surface area contributed by atoms with Crippen LogP contribution in [0.1, 0.15) is 54.6 Å². The van der Waals surface area contributed by atoms with Gasteiger partial charge in [-0.1, -0.05) is 32.4 Å². The normalized spacial score (nSPS) is 19.8. The Morgan fingerprint density at radius 2 is 2.00 bits per heavy atom. The van der Waals surface area contributed by atoms with Crippen molar-refractivity contribution in [1.82, 2.24) is 5.32 Å². The van der Waals surface area contributed by atoms with E-state index >= 15 is 0 Å². The first kappa shape index (κ1) is 13.3. The van der Waals surface area contributed by atoms with E-state index < -0.39 is 0 Å². The molecule has 0 aliphatic carbocycles. The molecule has 0 spiro atoms. The lowest BCUT2D eigenvalue weighted by molar-refractivity contribution is 0.0927. The third-order valence-electron chi connectivity index (χ3n) is 3.88. The first-order chi connectivity index (χ1) is 8.76. The lowest BCUT2D eigenvalue weighted by Gasteiger charge is -2.22. The number of piperidine rings is 1. The van der Waals surface area contributed by atoms with Crippen molar-refractivity contribution in [3.8, 4) is 0 Å². The van der Waals surface area contributed by atoms with E-state index in [0.717, 1.165) is 37.8 Å². The predicted molar refractivity (Wildman–Crippen MR) is 75.2 cm³/mol. The van der Waals surface area contributed by atoms with Crippen LogP contribution in [0.25, 0.3) is 0 Å². The number of ketones is 1. The second kappa shape index (κ2) is 6.14. The summed E-state index contributed by atoms with van der Waals surface area (Å²) >= 11 is 0. The molecule has 1 heterocycles. The third kappa shape index (κ3) is 2.81. The minimum Gasteiger partial charge on any atom is -0.307 e. The molecule has 1 aliphatic heterocycles. The molecule has 0 amide bonds. The van der Waals surface area contributed by atoms with E-state index in [1.54, 1.807) is 0 Å². The van der Waals surface area contributed by atoms with Crippen LogP contribution >= 0.6 is 0 Å². The number of nitrogens with one attached hydrogen (secondary N) is 1. The quantitative estimate of drug-likeness (QED) is 0.826. The number of carbonyl (C=O) groups is 1. The van der Waals surface area contributed by atoms with Gasteiger partial charge in [-0.2, -0.15) is 0 Å². The smallest absolute Gasteiger partial charge is 0.179 e. The number of aryl methyl sites for hydroxylation is 2. The van der Waals surface area contributed by atoms with E-state index in [4.69, 9.17) is 0 Å². The van der Waals surface area contributed by atoms with Gasteiger partial charge in [-0.25, -0.2) is 0 Å². The zero-order chi connectivity index (χ0) is 13.0. The second-order valence-electron chi connectivity index (χ2n) is 5.06. The van der Waals surface area contributed by atoms with Gasteiger partial charge in [-0.05, 0) is 49.4 Å². The van der Waals surface area contributed by atoms with E-state index in [1.807, 2.05) is 6.07 Å². The van der Waals surface area contributed by atoms with Crippen molar-refractivity contribution in [3.05, 3.63) is 34.9 Å². The van der Waals surface area contributed by atoms with Gasteiger partial charge in [-0.15, -0.1) is 0 Å². The number of benzene rings is 1. The molecule has 1 unspecified atom stereocenters. The first-order valence-corrected chi connectivity index (χ1v) is 7.15. The van der Waals surface area contributed by atoms with E-state index in [-0.39, 0.29) is 11.8 Å². The molecular formula is C16H23NO. The van der Waals surface area contributed by atoms with Gasteiger partial charge in [0.05, 0.1) is 6.04 Å². The number of carbonyl (C=O) groups excluding carboxylic acids is 1. The minimum atomic E-state index is 0.0379. The van der Waals surface area contributed by atoms with Crippen LogP contribution in [0.4, 0.5) is 0 Å². The van der Waals surface area contributed by atoms with Crippen molar-refractivity contribution in [1.29, 1.82) is 0 Å². The predicted octanol–water partition coefficient (Wildman–Crippen LogP) is 3.14. The summed E-state index contributed by atoms with van der Waals surface area (Å²) in [4.78, 5) is 12.4. The lowest BCUT2D eigenvalue weighted by atomic mass is 9.93. The Labute approximate surface area is 110 Å². The van der Waals surface area contributed by atoms with Gasteiger partial charge in [-0.3, -0.25) is 4.79 Å². The van der Waals surface area contributed by atoms with Crippen LogP contribution in [0.3, 0.4) is 0 Å². The van der Waals surface area contributed by atoms with Crippen molar-refractivity contribution >= 4 is 5.78 Å². The Bertz CT molecular complexity index is 419. The summed E-state index contributed by atoms with van der Waals surface area (Å²) in [6, 6.07) is 6.25. The number of hydrogen-bond donors (Lipinski definition) is 1. The van der Waals surface area contributed by atoms with E-state index in [9.17, 15) is 4.79 Å². The summed E-state index contributed by atoms with van der Waals surface area (Å²) in [6.07, 6.45) is 5.38. The summed E-state index contributed by atoms with van der Waals surface area (Å²) in [5.74, 6) is 0.270. The minimum absolute atomic E-state index is 0.0379. The van der Waals surface area contributed by atoms with Crippen molar-refractivity contribution < 1.29 is 4.79 Å². The SMILES string of the molecule is CCc1ccc(C(=O)C2CCCCN2)cc1CC. The molecule has 1 aliphatic rings. The number of Topliss-reactive ketones (excluding diaryl/α,β-unsaturated/α-hetero) is 1. The lowest BCUT2D eigenvalue weighted by Crippen LogP contribution is -2.40. The summed E-state index contributed by atoms with van der Waals surface area (Å²) in [7, 11) is 0. The van der Waals surface area contributed by atoms with Gasteiger partial charge in [0.1, 0.15) is 0 Å². The molecular weight excluding hydrogens is 222 g/mol. The van der Waals surface area contributed by atoms with Gasteiger partial charge >= 0.3 is 0 Å². The summed E-state index contributed by atoms with van der Waals surface area (Å²) in [5.41, 5.74) is 3.56. The molecule has 1 aromatic rings. The van der Waals surface area contributed by atoms with Gasteiger partial charge in [0.15, 0.2) is 5.78 Å². The molecule has 1 aromatic carbocycles. The van der Waals surface area contributed by atoms with Crippen LogP contribution in [-0.2, 0) is 12.8 Å². The van der Waals surface area contributed by atoms with E-state index in [0.29, 0.717) is 0 Å². The molecule has 18 heavy (non-hydrogen) atoms. The van der Waals surface area contributed by atoms with Crippen molar-refractivity contribution in [2.45, 2.75) is 52.0 Å². The van der Waals surface area contributed by atoms with Crippen molar-refractivity contribution in [2.75, 3.05) is 6.54 Å². The van der Waals surface area contributed by atoms with Crippen molar-refractivity contribution in [3.63, 3.8) is 0 Å². The zero-order valence-corrected chi connectivity index (χ0v) is 11.5. The Balaban J connectivity index is 2.19. The van der Waals surface area contributed by atoms with Crippen LogP contribution in [0.2, 0.25) is 0 Å².